The van der Waals surface area contributed by atoms with Gasteiger partial charge in [-0.05, 0) is 103 Å². The molecule has 15 atom stereocenters. The molecule has 0 spiro atoms. The maximum absolute atomic E-state index is 14.5. The number of nitrogens with zero attached hydrogens (tertiary/aromatic N) is 6. The van der Waals surface area contributed by atoms with E-state index in [1.165, 1.54) is 62.5 Å². The molecule has 0 aliphatic carbocycles. The lowest BCUT2D eigenvalue weighted by Gasteiger charge is -2.33. The highest BCUT2D eigenvalue weighted by Crippen LogP contribution is 2.27. The highest BCUT2D eigenvalue weighted by atomic mass is 16.4. The lowest BCUT2D eigenvalue weighted by Crippen LogP contribution is -2.60. The van der Waals surface area contributed by atoms with Crippen molar-refractivity contribution in [1.29, 1.82) is 0 Å². The Hall–Kier alpha value is -12.5. The first-order valence-corrected chi connectivity index (χ1v) is 38.9. The number of aliphatic carboxylic acids is 3. The van der Waals surface area contributed by atoms with Gasteiger partial charge in [0.15, 0.2) is 5.96 Å². The van der Waals surface area contributed by atoms with E-state index in [9.17, 15) is 106 Å². The Labute approximate surface area is 683 Å². The number of H-pyrrole nitrogens is 2. The maximum atomic E-state index is 14.5. The second-order valence-electron chi connectivity index (χ2n) is 30.0. The highest BCUT2D eigenvalue weighted by molar-refractivity contribution is 6.01. The number of aromatic amines is 2. The van der Waals surface area contributed by atoms with E-state index in [-0.39, 0.29) is 114 Å². The summed E-state index contributed by atoms with van der Waals surface area (Å²) in [6.45, 7) is 8.20. The molecular weight excluding hydrogens is 1570 g/mol. The number of nitrogens with one attached hydrogen (secondary N) is 14. The third-order valence-electron chi connectivity index (χ3n) is 19.6. The van der Waals surface area contributed by atoms with E-state index in [1.54, 1.807) is 13.8 Å². The maximum Gasteiger partial charge on any atom is 0.325 e. The largest absolute Gasteiger partial charge is 0.481 e. The molecule has 658 valence electrons. The van der Waals surface area contributed by atoms with Gasteiger partial charge in [-0.1, -0.05) is 27.7 Å². The number of aliphatic imine (C=N–C) groups is 1. The fourth-order valence-electron chi connectivity index (χ4n) is 13.3. The average Bonchev–Trinajstić information content (AvgIpc) is 1.66. The molecule has 0 saturated carbocycles. The van der Waals surface area contributed by atoms with Crippen LogP contribution in [0.3, 0.4) is 0 Å². The fourth-order valence-corrected chi connectivity index (χ4v) is 13.3. The molecule has 0 aromatic carbocycles. The Morgan fingerprint density at radius 2 is 0.950 bits per heavy atom. The Bertz CT molecular complexity index is 3970. The number of carboxylic acids is 3. The van der Waals surface area contributed by atoms with Crippen LogP contribution in [0.2, 0.25) is 0 Å². The number of rotatable bonds is 48. The van der Waals surface area contributed by atoms with Crippen LogP contribution in [0.15, 0.2) is 30.0 Å². The molecule has 2 aromatic heterocycles. The molecule has 3 fully saturated rings. The number of imidazole rings is 2. The number of carbonyl (C=O) groups is 19. The van der Waals surface area contributed by atoms with Crippen molar-refractivity contribution in [1.82, 2.24) is 98.4 Å². The van der Waals surface area contributed by atoms with Crippen LogP contribution in [0.1, 0.15) is 150 Å². The number of hydrogen-bond donors (Lipinski definition) is 22. The molecular formula is C72H112N24O23. The van der Waals surface area contributed by atoms with Crippen molar-refractivity contribution in [3.05, 3.63) is 36.4 Å². The van der Waals surface area contributed by atoms with Gasteiger partial charge in [-0.25, -0.2) is 9.97 Å². The van der Waals surface area contributed by atoms with Crippen LogP contribution in [-0.4, -0.2) is 303 Å². The zero-order valence-electron chi connectivity index (χ0n) is 67.2. The fraction of sp³-hybridized carbons (Fsp3) is 0.639. The van der Waals surface area contributed by atoms with Crippen molar-refractivity contribution in [2.45, 2.75) is 242 Å². The van der Waals surface area contributed by atoms with E-state index >= 15 is 0 Å². The summed E-state index contributed by atoms with van der Waals surface area (Å²) in [5.41, 5.74) is 23.1. The SMILES string of the molecule is CC(C)C[C@H](NC(=O)[C@@H]1CCCN1C(=O)[C@@H]1CCCN1C(=O)[C@@H](N)CCC(=O)O)C(=O)N[C@@H](CC(N)=O)C(=O)N1CCC[C@H]1C(=O)N[C@@H](Cc1c[nH]cn1)C(=O)NCC(=O)N[C@@H](CO)C(=O)N[C@@H](C)C(=O)N[C@@H](CCCN=C(N)N)C(=O)N[C@@H](C)C(=O)N[C@@H](CCC(=O)O)C(=O)N[C@H](C(=O)N[C@@H](Cc1c[nH]cn1)C(=O)N[C@@H](C)C(=O)O)C(C)C. The number of nitrogens with two attached hydrogens (primary N) is 4. The van der Waals surface area contributed by atoms with Gasteiger partial charge in [0.05, 0.1) is 49.7 Å². The first-order chi connectivity index (χ1) is 56.1. The van der Waals surface area contributed by atoms with Crippen LogP contribution < -0.4 is 86.7 Å². The monoisotopic (exact) mass is 1680 g/mol. The summed E-state index contributed by atoms with van der Waals surface area (Å²) in [6.07, 6.45) is 3.55. The van der Waals surface area contributed by atoms with Crippen LogP contribution in [0.25, 0.3) is 0 Å². The van der Waals surface area contributed by atoms with Gasteiger partial charge in [-0.2, -0.15) is 0 Å². The quantitative estimate of drug-likeness (QED) is 0.0166. The first-order valence-electron chi connectivity index (χ1n) is 38.9. The molecule has 47 heteroatoms. The molecule has 2 aromatic rings. The van der Waals surface area contributed by atoms with E-state index in [1.807, 2.05) is 0 Å². The molecule has 3 aliphatic heterocycles. The minimum Gasteiger partial charge on any atom is -0.481 e. The van der Waals surface area contributed by atoms with E-state index in [0.717, 1.165) is 11.8 Å². The third-order valence-corrected chi connectivity index (χ3v) is 19.6. The van der Waals surface area contributed by atoms with Crippen molar-refractivity contribution >= 4 is 118 Å². The number of primary amides is 1. The molecule has 5 heterocycles. The highest BCUT2D eigenvalue weighted by Gasteiger charge is 2.46. The van der Waals surface area contributed by atoms with Crippen molar-refractivity contribution in [2.75, 3.05) is 39.3 Å². The summed E-state index contributed by atoms with van der Waals surface area (Å²) in [6, 6.07) is -21.6. The second-order valence-corrected chi connectivity index (χ2v) is 30.0. The summed E-state index contributed by atoms with van der Waals surface area (Å²) in [7, 11) is 0. The number of aliphatic hydroxyl groups excluding tert-OH is 1. The molecule has 0 bridgehead atoms. The minimum absolute atomic E-state index is 0.00429. The summed E-state index contributed by atoms with van der Waals surface area (Å²) < 4.78 is 0. The number of aliphatic hydroxyl groups is 1. The Balaban J connectivity index is 1.20. The summed E-state index contributed by atoms with van der Waals surface area (Å²) in [5, 5.41) is 67.5. The van der Waals surface area contributed by atoms with E-state index < -0.39 is 241 Å². The number of carboxylic acid groups (broad SMARTS) is 3. The van der Waals surface area contributed by atoms with Crippen molar-refractivity contribution in [2.24, 2.45) is 39.8 Å². The number of likely N-dealkylation sites (tertiary alicyclic amines) is 3. The van der Waals surface area contributed by atoms with Gasteiger partial charge in [-0.3, -0.25) is 96.1 Å². The molecule has 16 amide bonds. The van der Waals surface area contributed by atoms with E-state index in [4.69, 9.17) is 28.0 Å². The molecule has 0 radical (unpaired) electrons. The van der Waals surface area contributed by atoms with Gasteiger partial charge in [0.1, 0.15) is 84.6 Å². The normalized spacial score (nSPS) is 18.0. The van der Waals surface area contributed by atoms with Gasteiger partial charge < -0.3 is 132 Å². The van der Waals surface area contributed by atoms with Crippen molar-refractivity contribution in [3.8, 4) is 0 Å². The smallest absolute Gasteiger partial charge is 0.325 e. The van der Waals surface area contributed by atoms with Crippen LogP contribution in [0.5, 0.6) is 0 Å². The molecule has 3 aliphatic rings. The molecule has 3 saturated heterocycles. The number of guanidine groups is 1. The number of hydrogen-bond acceptors (Lipinski definition) is 24. The Morgan fingerprint density at radius 1 is 0.496 bits per heavy atom. The van der Waals surface area contributed by atoms with Crippen LogP contribution in [-0.2, 0) is 104 Å². The van der Waals surface area contributed by atoms with Crippen molar-refractivity contribution in [3.63, 3.8) is 0 Å². The predicted octanol–water partition coefficient (Wildman–Crippen LogP) is -8.84. The number of aromatic nitrogens is 4. The molecule has 0 unspecified atom stereocenters. The van der Waals surface area contributed by atoms with Gasteiger partial charge in [0.25, 0.3) is 0 Å². The lowest BCUT2D eigenvalue weighted by molar-refractivity contribution is -0.147. The lowest BCUT2D eigenvalue weighted by atomic mass is 10.0. The number of amides is 16. The zero-order valence-corrected chi connectivity index (χ0v) is 67.2. The molecule has 26 N–H and O–H groups in total. The zero-order chi connectivity index (χ0) is 88.7. The van der Waals surface area contributed by atoms with Gasteiger partial charge in [0, 0.05) is 64.3 Å². The summed E-state index contributed by atoms with van der Waals surface area (Å²) >= 11 is 0. The molecule has 47 nitrogen and oxygen atoms in total. The second kappa shape index (κ2) is 47.1. The van der Waals surface area contributed by atoms with Crippen LogP contribution >= 0.6 is 0 Å². The third kappa shape index (κ3) is 30.8. The van der Waals surface area contributed by atoms with E-state index in [2.05, 4.69) is 88.7 Å². The van der Waals surface area contributed by atoms with Crippen LogP contribution in [0.4, 0.5) is 0 Å². The van der Waals surface area contributed by atoms with E-state index in [0.29, 0.717) is 18.5 Å². The first kappa shape index (κ1) is 97.1. The van der Waals surface area contributed by atoms with Gasteiger partial charge in [-0.15, -0.1) is 0 Å². The summed E-state index contributed by atoms with van der Waals surface area (Å²) in [5.74, 6) is -20.2. The van der Waals surface area contributed by atoms with Gasteiger partial charge >= 0.3 is 17.9 Å². The van der Waals surface area contributed by atoms with Gasteiger partial charge in [0.2, 0.25) is 94.5 Å². The van der Waals surface area contributed by atoms with Crippen molar-refractivity contribution < 1.29 is 112 Å². The predicted molar refractivity (Wildman–Crippen MR) is 415 cm³/mol. The topological polar surface area (TPSA) is 733 Å². The average molecular weight is 1680 g/mol. The minimum atomic E-state index is -1.81. The van der Waals surface area contributed by atoms with Crippen LogP contribution in [0, 0.1) is 11.8 Å². The molecule has 119 heavy (non-hydrogen) atoms. The Morgan fingerprint density at radius 3 is 1.45 bits per heavy atom. The molecule has 5 rings (SSSR count). The standard InChI is InChI=1S/C72H112N24O23/c1-34(2)24-44(89-66(113)50-14-10-22-95(50)70(117)51-15-11-23-96(51)68(115)41(73)16-18-54(100)101)63(110)92-47(27-52(74)98)69(116)94-21-9-13-49(94)65(112)90-45(25-39-28-77-32-81-39)59(106)80-30-53(99)86-48(31-97)64(111)84-37(6)57(104)87-42(12-8-20-79-72(75)76)60(107)83-36(5)58(105)88-43(17-19-55(102)103)61(108)93-56(35(3)4)67(114)91-46(26-40-29-78-33-82-40)62(109)85-38(7)71(118)119/h28-29,32-38,41-51,56,97H,8-27,30-31,73H2,1-7H3,(H2,74,98)(H,77,81)(H,78,82)(H,80,106)(H,83,107)(H,84,111)(H,85,109)(H,86,99)(H,87,104)(H,88,105)(H,89,113)(H,90,112)(H,91,114)(H,92,110)(H,93,108)(H,100,101)(H,102,103)(H,118,119)(H4,75,76,79)/t36-,37-,38-,41-,42-,43-,44-,45-,46-,47-,48-,49-,50-,51-,56-/m0/s1. The Kier molecular flexibility index (Phi) is 38.4. The number of carbonyl (C=O) groups excluding carboxylic acids is 16. The summed E-state index contributed by atoms with van der Waals surface area (Å²) in [4.78, 5) is 277.